The van der Waals surface area contributed by atoms with E-state index in [1.54, 1.807) is 6.92 Å². The number of likely N-dealkylation sites (N-methyl/N-ethyl adjacent to an activating group) is 1. The smallest absolute Gasteiger partial charge is 0.308 e. The Bertz CT molecular complexity index is 284. The highest BCUT2D eigenvalue weighted by Crippen LogP contribution is 2.19. The topological polar surface area (TPSA) is 83.6 Å². The van der Waals surface area contributed by atoms with Crippen LogP contribution in [0.2, 0.25) is 0 Å². The Morgan fingerprint density at radius 2 is 1.82 bits per heavy atom. The molecule has 3 N–H and O–H groups in total. The van der Waals surface area contributed by atoms with Crippen molar-refractivity contribution in [1.29, 1.82) is 0 Å². The zero-order valence-corrected chi connectivity index (χ0v) is 11.4. The summed E-state index contributed by atoms with van der Waals surface area (Å²) < 4.78 is 0. The lowest BCUT2D eigenvalue weighted by molar-refractivity contribution is -0.143. The number of aliphatic carboxylic acids is 1. The Labute approximate surface area is 103 Å². The monoisotopic (exact) mass is 244 g/mol. The van der Waals surface area contributed by atoms with Crippen LogP contribution in [0.25, 0.3) is 0 Å². The fourth-order valence-corrected chi connectivity index (χ4v) is 1.35. The first-order valence-corrected chi connectivity index (χ1v) is 5.88. The summed E-state index contributed by atoms with van der Waals surface area (Å²) in [5.74, 6) is -1.67. The van der Waals surface area contributed by atoms with Crippen molar-refractivity contribution in [1.82, 2.24) is 4.90 Å². The second-order valence-corrected chi connectivity index (χ2v) is 5.46. The molecule has 0 aromatic carbocycles. The molecular weight excluding hydrogens is 220 g/mol. The molecule has 0 bridgehead atoms. The lowest BCUT2D eigenvalue weighted by Gasteiger charge is -2.32. The predicted molar refractivity (Wildman–Crippen MR) is 66.5 cm³/mol. The maximum absolute atomic E-state index is 12.1. The minimum absolute atomic E-state index is 0.187. The second kappa shape index (κ2) is 6.00. The van der Waals surface area contributed by atoms with Gasteiger partial charge in [-0.05, 0) is 12.3 Å². The molecule has 2 atom stereocenters. The van der Waals surface area contributed by atoms with Crippen LogP contribution in [-0.4, -0.2) is 41.0 Å². The summed E-state index contributed by atoms with van der Waals surface area (Å²) in [4.78, 5) is 24.4. The highest BCUT2D eigenvalue weighted by atomic mass is 16.4. The molecule has 0 saturated carbocycles. The zero-order valence-electron chi connectivity index (χ0n) is 11.4. The Kier molecular flexibility index (Phi) is 5.61. The van der Waals surface area contributed by atoms with Crippen molar-refractivity contribution in [3.8, 4) is 0 Å². The zero-order chi connectivity index (χ0) is 13.8. The summed E-state index contributed by atoms with van der Waals surface area (Å²) in [6.45, 7) is 9.76. The first kappa shape index (κ1) is 15.9. The maximum Gasteiger partial charge on any atom is 0.308 e. The van der Waals surface area contributed by atoms with Gasteiger partial charge >= 0.3 is 5.97 Å². The normalized spacial score (nSPS) is 15.2. The second-order valence-electron chi connectivity index (χ2n) is 5.46. The summed E-state index contributed by atoms with van der Waals surface area (Å²) in [5, 5.41) is 8.84. The van der Waals surface area contributed by atoms with Gasteiger partial charge in [-0.25, -0.2) is 0 Å². The van der Waals surface area contributed by atoms with Gasteiger partial charge in [-0.2, -0.15) is 0 Å². The van der Waals surface area contributed by atoms with Gasteiger partial charge in [0.1, 0.15) is 0 Å². The third kappa shape index (κ3) is 4.73. The van der Waals surface area contributed by atoms with Gasteiger partial charge in [0.2, 0.25) is 5.91 Å². The van der Waals surface area contributed by atoms with Crippen LogP contribution < -0.4 is 5.73 Å². The molecule has 0 aliphatic rings. The van der Waals surface area contributed by atoms with Crippen LogP contribution in [0.1, 0.15) is 34.6 Å². The fraction of sp³-hybridized carbons (Fsp3) is 0.833. The molecule has 5 heteroatoms. The number of nitrogens with zero attached hydrogens (tertiary/aromatic N) is 1. The number of hydrogen-bond acceptors (Lipinski definition) is 3. The molecule has 17 heavy (non-hydrogen) atoms. The summed E-state index contributed by atoms with van der Waals surface area (Å²) in [7, 11) is 0. The molecule has 100 valence electrons. The van der Waals surface area contributed by atoms with Gasteiger partial charge in [0, 0.05) is 13.1 Å². The third-order valence-electron chi connectivity index (χ3n) is 2.81. The number of carboxylic acids is 1. The Morgan fingerprint density at radius 3 is 2.12 bits per heavy atom. The highest BCUT2D eigenvalue weighted by Gasteiger charge is 2.31. The molecule has 0 aromatic heterocycles. The van der Waals surface area contributed by atoms with E-state index < -0.39 is 17.9 Å². The first-order valence-electron chi connectivity index (χ1n) is 5.88. The van der Waals surface area contributed by atoms with Crippen molar-refractivity contribution in [2.24, 2.45) is 17.1 Å². The van der Waals surface area contributed by atoms with Gasteiger partial charge in [-0.1, -0.05) is 27.7 Å². The molecular formula is C12H24N2O3. The molecule has 0 aliphatic heterocycles. The molecule has 5 nitrogen and oxygen atoms in total. The van der Waals surface area contributed by atoms with E-state index in [0.717, 1.165) is 0 Å². The van der Waals surface area contributed by atoms with E-state index in [1.165, 1.54) is 4.90 Å². The fourth-order valence-electron chi connectivity index (χ4n) is 1.35. The predicted octanol–water partition coefficient (Wildman–Crippen LogP) is 0.929. The van der Waals surface area contributed by atoms with Crippen molar-refractivity contribution in [3.63, 3.8) is 0 Å². The number of hydrogen-bond donors (Lipinski definition) is 2. The van der Waals surface area contributed by atoms with E-state index >= 15 is 0 Å². The number of carbonyl (C=O) groups is 2. The standard InChI is InChI=1S/C12H24N2O3/c1-6-14(7-8(2)11(16)17)10(15)9(13)12(3,4)5/h8-9H,6-7,13H2,1-5H3,(H,16,17)/t8?,9-/m1/s1. The van der Waals surface area contributed by atoms with Crippen LogP contribution in [0.5, 0.6) is 0 Å². The Balaban J connectivity index is 4.67. The van der Waals surface area contributed by atoms with Gasteiger partial charge in [-0.3, -0.25) is 9.59 Å². The van der Waals surface area contributed by atoms with Crippen molar-refractivity contribution in [3.05, 3.63) is 0 Å². The lowest BCUT2D eigenvalue weighted by Crippen LogP contribution is -2.51. The third-order valence-corrected chi connectivity index (χ3v) is 2.81. The van der Waals surface area contributed by atoms with Gasteiger partial charge in [-0.15, -0.1) is 0 Å². The average Bonchev–Trinajstić information content (AvgIpc) is 2.21. The van der Waals surface area contributed by atoms with E-state index in [9.17, 15) is 9.59 Å². The van der Waals surface area contributed by atoms with Crippen LogP contribution in [-0.2, 0) is 9.59 Å². The summed E-state index contributed by atoms with van der Waals surface area (Å²) in [6, 6.07) is -0.608. The molecule has 0 radical (unpaired) electrons. The van der Waals surface area contributed by atoms with Gasteiger partial charge in [0.25, 0.3) is 0 Å². The number of carboxylic acid groups (broad SMARTS) is 1. The van der Waals surface area contributed by atoms with Crippen molar-refractivity contribution >= 4 is 11.9 Å². The molecule has 0 rings (SSSR count). The number of carbonyl (C=O) groups excluding carboxylic acids is 1. The van der Waals surface area contributed by atoms with Crippen LogP contribution in [0.3, 0.4) is 0 Å². The van der Waals surface area contributed by atoms with Crippen LogP contribution >= 0.6 is 0 Å². The van der Waals surface area contributed by atoms with E-state index in [1.807, 2.05) is 27.7 Å². The van der Waals surface area contributed by atoms with Crippen LogP contribution in [0, 0.1) is 11.3 Å². The average molecular weight is 244 g/mol. The summed E-state index contributed by atoms with van der Waals surface area (Å²) in [6.07, 6.45) is 0. The minimum atomic E-state index is -0.902. The Morgan fingerprint density at radius 1 is 1.35 bits per heavy atom. The molecule has 1 amide bonds. The van der Waals surface area contributed by atoms with Gasteiger partial charge < -0.3 is 15.7 Å². The summed E-state index contributed by atoms with van der Waals surface area (Å²) >= 11 is 0. The Hall–Kier alpha value is -1.10. The van der Waals surface area contributed by atoms with Crippen molar-refractivity contribution in [2.45, 2.75) is 40.7 Å². The molecule has 0 aliphatic carbocycles. The van der Waals surface area contributed by atoms with Gasteiger partial charge in [0.05, 0.1) is 12.0 Å². The largest absolute Gasteiger partial charge is 0.481 e. The van der Waals surface area contributed by atoms with Crippen LogP contribution in [0.15, 0.2) is 0 Å². The van der Waals surface area contributed by atoms with Crippen LogP contribution in [0.4, 0.5) is 0 Å². The van der Waals surface area contributed by atoms with Gasteiger partial charge in [0.15, 0.2) is 0 Å². The van der Waals surface area contributed by atoms with Crippen molar-refractivity contribution in [2.75, 3.05) is 13.1 Å². The lowest BCUT2D eigenvalue weighted by atomic mass is 9.86. The number of amides is 1. The maximum atomic E-state index is 12.1. The molecule has 0 heterocycles. The number of rotatable bonds is 5. The van der Waals surface area contributed by atoms with E-state index in [2.05, 4.69) is 0 Å². The summed E-state index contributed by atoms with van der Waals surface area (Å²) in [5.41, 5.74) is 5.56. The molecule has 0 fully saturated rings. The molecule has 0 spiro atoms. The van der Waals surface area contributed by atoms with E-state index in [-0.39, 0.29) is 17.9 Å². The molecule has 0 aromatic rings. The number of nitrogens with two attached hydrogens (primary N) is 1. The molecule has 0 saturated heterocycles. The molecule has 1 unspecified atom stereocenters. The van der Waals surface area contributed by atoms with E-state index in [4.69, 9.17) is 10.8 Å². The van der Waals surface area contributed by atoms with E-state index in [0.29, 0.717) is 6.54 Å². The highest BCUT2D eigenvalue weighted by molar-refractivity contribution is 5.83. The minimum Gasteiger partial charge on any atom is -0.481 e. The first-order chi connectivity index (χ1) is 7.61. The van der Waals surface area contributed by atoms with Crippen molar-refractivity contribution < 1.29 is 14.7 Å². The quantitative estimate of drug-likeness (QED) is 0.753. The SMILES string of the molecule is CCN(CC(C)C(=O)O)C(=O)[C@@H](N)C(C)(C)C.